The zero-order valence-electron chi connectivity index (χ0n) is 8.77. The third-order valence-electron chi connectivity index (χ3n) is 1.90. The van der Waals surface area contributed by atoms with Crippen LogP contribution in [0, 0.1) is 5.82 Å². The topological polar surface area (TPSA) is 80.5 Å². The molecule has 1 aromatic rings. The zero-order chi connectivity index (χ0) is 12.5. The molecule has 0 atom stereocenters. The van der Waals surface area contributed by atoms with Crippen molar-refractivity contribution in [2.75, 3.05) is 14.1 Å². The van der Waals surface area contributed by atoms with Crippen LogP contribution in [0.1, 0.15) is 10.4 Å². The Labute approximate surface area is 92.7 Å². The van der Waals surface area contributed by atoms with E-state index in [1.807, 2.05) is 0 Å². The van der Waals surface area contributed by atoms with Crippen LogP contribution in [0.3, 0.4) is 0 Å². The normalized spacial score (nSPS) is 11.2. The van der Waals surface area contributed by atoms with E-state index in [1.54, 1.807) is 0 Å². The van der Waals surface area contributed by atoms with Crippen LogP contribution in [-0.4, -0.2) is 33.3 Å². The number of carbonyl (C=O) groups excluding carboxylic acids is 1. The Kier molecular flexibility index (Phi) is 3.30. The van der Waals surface area contributed by atoms with Crippen LogP contribution < -0.4 is 5.14 Å². The minimum atomic E-state index is -3.94. The van der Waals surface area contributed by atoms with Crippen molar-refractivity contribution in [2.24, 2.45) is 5.14 Å². The first-order valence-electron chi connectivity index (χ1n) is 4.27. The van der Waals surface area contributed by atoms with E-state index in [-0.39, 0.29) is 10.5 Å². The summed E-state index contributed by atoms with van der Waals surface area (Å²) < 4.78 is 35.3. The van der Waals surface area contributed by atoms with E-state index in [0.29, 0.717) is 0 Å². The second-order valence-electron chi connectivity index (χ2n) is 3.39. The number of benzene rings is 1. The SMILES string of the molecule is CN(C)C(=O)c1cc(S(N)(=O)=O)ccc1F. The average Bonchev–Trinajstić information content (AvgIpc) is 2.15. The van der Waals surface area contributed by atoms with Gasteiger partial charge in [0.05, 0.1) is 10.5 Å². The van der Waals surface area contributed by atoms with Gasteiger partial charge >= 0.3 is 0 Å². The highest BCUT2D eigenvalue weighted by Gasteiger charge is 2.17. The lowest BCUT2D eigenvalue weighted by molar-refractivity contribution is 0.0823. The standard InChI is InChI=1S/C9H11FN2O3S/c1-12(2)9(13)7-5-6(16(11,14)15)3-4-8(7)10/h3-5H,1-2H3,(H2,11,14,15). The molecule has 2 N–H and O–H groups in total. The van der Waals surface area contributed by atoms with Gasteiger partial charge in [-0.05, 0) is 18.2 Å². The Morgan fingerprint density at radius 2 is 1.94 bits per heavy atom. The Morgan fingerprint density at radius 3 is 2.38 bits per heavy atom. The van der Waals surface area contributed by atoms with Gasteiger partial charge in [0.25, 0.3) is 5.91 Å². The van der Waals surface area contributed by atoms with Crippen molar-refractivity contribution < 1.29 is 17.6 Å². The Balaban J connectivity index is 3.36. The summed E-state index contributed by atoms with van der Waals surface area (Å²) in [7, 11) is -1.07. The molecule has 0 aliphatic rings. The predicted octanol–water partition coefficient (Wildman–Crippen LogP) is 0.175. The van der Waals surface area contributed by atoms with Crippen LogP contribution in [0.2, 0.25) is 0 Å². The van der Waals surface area contributed by atoms with E-state index in [1.165, 1.54) is 14.1 Å². The monoisotopic (exact) mass is 246 g/mol. The molecule has 16 heavy (non-hydrogen) atoms. The number of primary sulfonamides is 1. The Hall–Kier alpha value is -1.47. The van der Waals surface area contributed by atoms with E-state index >= 15 is 0 Å². The molecule has 7 heteroatoms. The molecule has 0 bridgehead atoms. The van der Waals surface area contributed by atoms with Gasteiger partial charge in [0.1, 0.15) is 5.82 Å². The summed E-state index contributed by atoms with van der Waals surface area (Å²) in [6, 6.07) is 2.83. The highest BCUT2D eigenvalue weighted by atomic mass is 32.2. The van der Waals surface area contributed by atoms with Gasteiger partial charge in [0.15, 0.2) is 0 Å². The van der Waals surface area contributed by atoms with Gasteiger partial charge in [-0.3, -0.25) is 4.79 Å². The van der Waals surface area contributed by atoms with Crippen LogP contribution in [0.25, 0.3) is 0 Å². The number of hydrogen-bond acceptors (Lipinski definition) is 3. The molecule has 0 aliphatic carbocycles. The van der Waals surface area contributed by atoms with Gasteiger partial charge in [-0.25, -0.2) is 17.9 Å². The molecule has 0 heterocycles. The highest BCUT2D eigenvalue weighted by molar-refractivity contribution is 7.89. The first kappa shape index (κ1) is 12.6. The third-order valence-corrected chi connectivity index (χ3v) is 2.81. The number of nitrogens with two attached hydrogens (primary N) is 1. The molecule has 88 valence electrons. The highest BCUT2D eigenvalue weighted by Crippen LogP contribution is 2.15. The fourth-order valence-electron chi connectivity index (χ4n) is 1.09. The molecule has 0 saturated heterocycles. The van der Waals surface area contributed by atoms with Crippen LogP contribution in [0.4, 0.5) is 4.39 Å². The molecule has 1 aromatic carbocycles. The quantitative estimate of drug-likeness (QED) is 0.808. The maximum Gasteiger partial charge on any atom is 0.256 e. The number of hydrogen-bond donors (Lipinski definition) is 1. The predicted molar refractivity (Wildman–Crippen MR) is 55.8 cm³/mol. The van der Waals surface area contributed by atoms with Gasteiger partial charge in [0.2, 0.25) is 10.0 Å². The lowest BCUT2D eigenvalue weighted by Gasteiger charge is -2.11. The number of amides is 1. The molecule has 0 spiro atoms. The minimum Gasteiger partial charge on any atom is -0.345 e. The second kappa shape index (κ2) is 4.18. The van der Waals surface area contributed by atoms with Crippen molar-refractivity contribution in [1.29, 1.82) is 0 Å². The van der Waals surface area contributed by atoms with Crippen molar-refractivity contribution in [3.8, 4) is 0 Å². The number of halogens is 1. The van der Waals surface area contributed by atoms with Gasteiger partial charge in [-0.2, -0.15) is 0 Å². The van der Waals surface area contributed by atoms with E-state index in [0.717, 1.165) is 23.1 Å². The van der Waals surface area contributed by atoms with E-state index in [4.69, 9.17) is 5.14 Å². The van der Waals surface area contributed by atoms with Gasteiger partial charge in [0, 0.05) is 14.1 Å². The van der Waals surface area contributed by atoms with Crippen LogP contribution in [0.5, 0.6) is 0 Å². The van der Waals surface area contributed by atoms with Crippen molar-refractivity contribution >= 4 is 15.9 Å². The van der Waals surface area contributed by atoms with Gasteiger partial charge in [-0.1, -0.05) is 0 Å². The van der Waals surface area contributed by atoms with Gasteiger partial charge in [-0.15, -0.1) is 0 Å². The van der Waals surface area contributed by atoms with Gasteiger partial charge < -0.3 is 4.90 Å². The van der Waals surface area contributed by atoms with E-state index in [9.17, 15) is 17.6 Å². The number of sulfonamides is 1. The van der Waals surface area contributed by atoms with E-state index in [2.05, 4.69) is 0 Å². The molecule has 0 saturated carbocycles. The molecular weight excluding hydrogens is 235 g/mol. The molecule has 5 nitrogen and oxygen atoms in total. The van der Waals surface area contributed by atoms with Crippen molar-refractivity contribution in [1.82, 2.24) is 4.90 Å². The number of carbonyl (C=O) groups is 1. The van der Waals surface area contributed by atoms with Crippen molar-refractivity contribution in [3.63, 3.8) is 0 Å². The maximum absolute atomic E-state index is 13.3. The van der Waals surface area contributed by atoms with Crippen LogP contribution in [-0.2, 0) is 10.0 Å². The summed E-state index contributed by atoms with van der Waals surface area (Å²) in [6.45, 7) is 0. The van der Waals surface area contributed by atoms with Crippen LogP contribution in [0.15, 0.2) is 23.1 Å². The molecule has 1 rings (SSSR count). The average molecular weight is 246 g/mol. The molecule has 0 aliphatic heterocycles. The fraction of sp³-hybridized carbons (Fsp3) is 0.222. The maximum atomic E-state index is 13.3. The largest absolute Gasteiger partial charge is 0.345 e. The molecule has 0 radical (unpaired) electrons. The smallest absolute Gasteiger partial charge is 0.256 e. The summed E-state index contributed by atoms with van der Waals surface area (Å²) in [5.41, 5.74) is -0.323. The molecule has 0 aromatic heterocycles. The van der Waals surface area contributed by atoms with Crippen molar-refractivity contribution in [2.45, 2.75) is 4.90 Å². The summed E-state index contributed by atoms with van der Waals surface area (Å²) >= 11 is 0. The lowest BCUT2D eigenvalue weighted by atomic mass is 10.2. The lowest BCUT2D eigenvalue weighted by Crippen LogP contribution is -2.23. The summed E-state index contributed by atoms with van der Waals surface area (Å²) in [5, 5.41) is 4.88. The third kappa shape index (κ3) is 2.56. The molecule has 0 unspecified atom stereocenters. The summed E-state index contributed by atoms with van der Waals surface area (Å²) in [5.74, 6) is -1.41. The first-order valence-corrected chi connectivity index (χ1v) is 5.82. The number of nitrogens with zero attached hydrogens (tertiary/aromatic N) is 1. The second-order valence-corrected chi connectivity index (χ2v) is 4.95. The summed E-state index contributed by atoms with van der Waals surface area (Å²) in [4.78, 5) is 12.3. The molecular formula is C9H11FN2O3S. The molecule has 0 fully saturated rings. The Bertz CT molecular complexity index is 526. The minimum absolute atomic E-state index is 0.292. The molecule has 1 amide bonds. The summed E-state index contributed by atoms with van der Waals surface area (Å²) in [6.07, 6.45) is 0. The van der Waals surface area contributed by atoms with Crippen LogP contribution >= 0.6 is 0 Å². The number of rotatable bonds is 2. The van der Waals surface area contributed by atoms with E-state index < -0.39 is 21.7 Å². The zero-order valence-corrected chi connectivity index (χ0v) is 9.58. The van der Waals surface area contributed by atoms with Crippen molar-refractivity contribution in [3.05, 3.63) is 29.6 Å². The fourth-order valence-corrected chi connectivity index (χ4v) is 1.63. The Morgan fingerprint density at radius 1 is 1.38 bits per heavy atom. The first-order chi connectivity index (χ1) is 7.23.